The molecule has 0 radical (unpaired) electrons. The molecule has 7 nitrogen and oxygen atoms in total. The number of halogens is 3. The number of benzene rings is 2. The largest absolute Gasteiger partial charge is 0.481 e. The first-order chi connectivity index (χ1) is 17.1. The number of nitrogens with zero attached hydrogens (tertiary/aromatic N) is 1. The lowest BCUT2D eigenvalue weighted by molar-refractivity contribution is -0.138. The highest BCUT2D eigenvalue weighted by molar-refractivity contribution is 5.78. The normalized spacial score (nSPS) is 12.0. The first-order valence-corrected chi connectivity index (χ1v) is 11.2. The van der Waals surface area contributed by atoms with Crippen molar-refractivity contribution in [1.82, 2.24) is 15.6 Å². The van der Waals surface area contributed by atoms with Gasteiger partial charge in [0.2, 0.25) is 5.88 Å². The van der Waals surface area contributed by atoms with E-state index in [1.54, 1.807) is 6.92 Å². The van der Waals surface area contributed by atoms with Gasteiger partial charge < -0.3 is 20.5 Å². The lowest BCUT2D eigenvalue weighted by Crippen LogP contribution is -2.37. The number of methoxy groups -OCH3 is 1. The van der Waals surface area contributed by atoms with Crippen LogP contribution in [0.5, 0.6) is 5.88 Å². The highest BCUT2D eigenvalue weighted by atomic mass is 19.4. The number of carboxylic acids is 1. The summed E-state index contributed by atoms with van der Waals surface area (Å²) in [6, 6.07) is 12.6. The maximum atomic E-state index is 13.6. The second-order valence-electron chi connectivity index (χ2n) is 8.04. The van der Waals surface area contributed by atoms with Crippen LogP contribution in [-0.2, 0) is 23.9 Å². The molecular formula is C26H26F3N3O4. The average Bonchev–Trinajstić information content (AvgIpc) is 2.85. The van der Waals surface area contributed by atoms with Crippen molar-refractivity contribution in [3.8, 4) is 17.0 Å². The fourth-order valence-electron chi connectivity index (χ4n) is 3.78. The summed E-state index contributed by atoms with van der Waals surface area (Å²) in [5.41, 5.74) is 1.21. The molecule has 1 unspecified atom stereocenters. The monoisotopic (exact) mass is 501 g/mol. The van der Waals surface area contributed by atoms with Crippen molar-refractivity contribution in [3.63, 3.8) is 0 Å². The summed E-state index contributed by atoms with van der Waals surface area (Å²) in [4.78, 5) is 28.0. The van der Waals surface area contributed by atoms with Crippen LogP contribution < -0.4 is 15.4 Å². The van der Waals surface area contributed by atoms with Gasteiger partial charge in [-0.3, -0.25) is 4.79 Å². The molecule has 0 aliphatic heterocycles. The van der Waals surface area contributed by atoms with Gasteiger partial charge in [0.05, 0.1) is 25.1 Å². The summed E-state index contributed by atoms with van der Waals surface area (Å²) in [5.74, 6) is -0.961. The molecule has 0 fully saturated rings. The van der Waals surface area contributed by atoms with Crippen LogP contribution in [0.3, 0.4) is 0 Å². The number of hydrogen-bond acceptors (Lipinski definition) is 4. The maximum Gasteiger partial charge on any atom is 0.416 e. The predicted molar refractivity (Wildman–Crippen MR) is 127 cm³/mol. The third kappa shape index (κ3) is 6.74. The number of urea groups is 1. The number of aliphatic carboxylic acids is 1. The molecule has 0 saturated carbocycles. The molecule has 0 aliphatic carbocycles. The van der Waals surface area contributed by atoms with Gasteiger partial charge in [0.15, 0.2) is 0 Å². The fourth-order valence-corrected chi connectivity index (χ4v) is 3.78. The molecule has 1 heterocycles. The van der Waals surface area contributed by atoms with Crippen molar-refractivity contribution < 1.29 is 32.6 Å². The third-order valence-electron chi connectivity index (χ3n) is 5.51. The lowest BCUT2D eigenvalue weighted by Gasteiger charge is -2.23. The highest BCUT2D eigenvalue weighted by Crippen LogP contribution is 2.39. The lowest BCUT2D eigenvalue weighted by atomic mass is 9.91. The van der Waals surface area contributed by atoms with E-state index in [9.17, 15) is 22.8 Å². The molecule has 1 aromatic heterocycles. The van der Waals surface area contributed by atoms with Gasteiger partial charge in [-0.1, -0.05) is 43.3 Å². The second kappa shape index (κ2) is 11.6. The number of carbonyl (C=O) groups is 2. The minimum absolute atomic E-state index is 0.119. The Labute approximate surface area is 206 Å². The van der Waals surface area contributed by atoms with Gasteiger partial charge >= 0.3 is 18.2 Å². The minimum atomic E-state index is -4.60. The van der Waals surface area contributed by atoms with Gasteiger partial charge in [-0.25, -0.2) is 9.78 Å². The Morgan fingerprint density at radius 2 is 1.78 bits per heavy atom. The first kappa shape index (κ1) is 26.5. The number of hydrogen-bond donors (Lipinski definition) is 3. The molecule has 3 aromatic rings. The minimum Gasteiger partial charge on any atom is -0.481 e. The zero-order valence-electron chi connectivity index (χ0n) is 19.7. The van der Waals surface area contributed by atoms with E-state index in [0.717, 1.165) is 17.7 Å². The van der Waals surface area contributed by atoms with Crippen molar-refractivity contribution in [3.05, 3.63) is 83.0 Å². The Hall–Kier alpha value is -4.08. The van der Waals surface area contributed by atoms with E-state index in [1.807, 2.05) is 30.3 Å². The molecule has 1 atom stereocenters. The molecule has 10 heteroatoms. The Balaban J connectivity index is 2.01. The number of rotatable bonds is 9. The highest BCUT2D eigenvalue weighted by Gasteiger charge is 2.32. The Bertz CT molecular complexity index is 1220. The summed E-state index contributed by atoms with van der Waals surface area (Å²) >= 11 is 0. The Morgan fingerprint density at radius 3 is 2.39 bits per heavy atom. The van der Waals surface area contributed by atoms with Crippen LogP contribution in [0.4, 0.5) is 18.0 Å². The van der Waals surface area contributed by atoms with E-state index in [0.29, 0.717) is 16.7 Å². The van der Waals surface area contributed by atoms with Crippen LogP contribution in [0.2, 0.25) is 0 Å². The quantitative estimate of drug-likeness (QED) is 0.367. The third-order valence-corrected chi connectivity index (χ3v) is 5.51. The van der Waals surface area contributed by atoms with Crippen molar-refractivity contribution in [2.45, 2.75) is 38.5 Å². The van der Waals surface area contributed by atoms with Crippen LogP contribution in [0, 0.1) is 0 Å². The molecule has 0 saturated heterocycles. The maximum absolute atomic E-state index is 13.6. The molecular weight excluding hydrogens is 475 g/mol. The Kier molecular flexibility index (Phi) is 8.52. The van der Waals surface area contributed by atoms with Crippen LogP contribution in [0.15, 0.2) is 60.8 Å². The van der Waals surface area contributed by atoms with Gasteiger partial charge in [-0.15, -0.1) is 0 Å². The number of carbonyl (C=O) groups excluding carboxylic acids is 1. The van der Waals surface area contributed by atoms with Gasteiger partial charge in [0, 0.05) is 18.3 Å². The first-order valence-electron chi connectivity index (χ1n) is 11.2. The van der Waals surface area contributed by atoms with Crippen LogP contribution in [0.1, 0.15) is 41.6 Å². The van der Waals surface area contributed by atoms with Gasteiger partial charge in [0.1, 0.15) is 0 Å². The standard InChI is InChI=1S/C26H26F3N3O4/c1-3-22(32-25(35)31-14-16-7-5-4-6-8-16)20-13-18(26(27,28)29)9-10-19(20)21-11-17(12-23(33)34)15-30-24(21)36-2/h4-11,13,15,22H,3,12,14H2,1-2H3,(H,33,34)(H2,31,32,35). The van der Waals surface area contributed by atoms with Gasteiger partial charge in [0.25, 0.3) is 0 Å². The van der Waals surface area contributed by atoms with Crippen molar-refractivity contribution >= 4 is 12.0 Å². The molecule has 0 spiro atoms. The van der Waals surface area contributed by atoms with E-state index in [4.69, 9.17) is 9.84 Å². The number of ether oxygens (including phenoxy) is 1. The number of alkyl halides is 3. The molecule has 36 heavy (non-hydrogen) atoms. The van der Waals surface area contributed by atoms with E-state index in [-0.39, 0.29) is 30.8 Å². The fraction of sp³-hybridized carbons (Fsp3) is 0.269. The summed E-state index contributed by atoms with van der Waals surface area (Å²) in [7, 11) is 1.36. The smallest absolute Gasteiger partial charge is 0.416 e. The molecule has 190 valence electrons. The van der Waals surface area contributed by atoms with E-state index < -0.39 is 29.8 Å². The average molecular weight is 502 g/mol. The molecule has 3 N–H and O–H groups in total. The number of aromatic nitrogens is 1. The van der Waals surface area contributed by atoms with Gasteiger partial charge in [-0.2, -0.15) is 13.2 Å². The SMILES string of the molecule is CCC(NC(=O)NCc1ccccc1)c1cc(C(F)(F)F)ccc1-c1cc(CC(=O)O)cnc1OC. The van der Waals surface area contributed by atoms with E-state index >= 15 is 0 Å². The summed E-state index contributed by atoms with van der Waals surface area (Å²) in [6.07, 6.45) is -3.30. The summed E-state index contributed by atoms with van der Waals surface area (Å²) < 4.78 is 46.1. The number of pyridine rings is 1. The molecule has 2 aromatic carbocycles. The van der Waals surface area contributed by atoms with Crippen molar-refractivity contribution in [2.24, 2.45) is 0 Å². The summed E-state index contributed by atoms with van der Waals surface area (Å²) in [5, 5.41) is 14.6. The predicted octanol–water partition coefficient (Wildman–Crippen LogP) is 5.35. The van der Waals surface area contributed by atoms with Crippen LogP contribution in [0.25, 0.3) is 11.1 Å². The van der Waals surface area contributed by atoms with E-state index in [2.05, 4.69) is 15.6 Å². The van der Waals surface area contributed by atoms with Crippen molar-refractivity contribution in [1.29, 1.82) is 0 Å². The summed E-state index contributed by atoms with van der Waals surface area (Å²) in [6.45, 7) is 1.98. The number of amides is 2. The number of carboxylic acid groups (broad SMARTS) is 1. The van der Waals surface area contributed by atoms with Crippen molar-refractivity contribution in [2.75, 3.05) is 7.11 Å². The van der Waals surface area contributed by atoms with E-state index in [1.165, 1.54) is 25.4 Å². The molecule has 0 bridgehead atoms. The Morgan fingerprint density at radius 1 is 1.06 bits per heavy atom. The van der Waals surface area contributed by atoms with Gasteiger partial charge in [-0.05, 0) is 46.9 Å². The second-order valence-corrected chi connectivity index (χ2v) is 8.04. The topological polar surface area (TPSA) is 101 Å². The van der Waals surface area contributed by atoms with Crippen LogP contribution >= 0.6 is 0 Å². The van der Waals surface area contributed by atoms with Crippen LogP contribution in [-0.4, -0.2) is 29.2 Å². The molecule has 2 amide bonds. The molecule has 0 aliphatic rings. The zero-order chi connectivity index (χ0) is 26.3. The number of nitrogens with one attached hydrogen (secondary N) is 2. The molecule has 3 rings (SSSR count). The zero-order valence-corrected chi connectivity index (χ0v) is 19.7.